The van der Waals surface area contributed by atoms with Crippen molar-refractivity contribution in [3.8, 4) is 0 Å². The van der Waals surface area contributed by atoms with Gasteiger partial charge in [0.1, 0.15) is 11.7 Å². The summed E-state index contributed by atoms with van der Waals surface area (Å²) in [6.07, 6.45) is -4.20. The standard InChI is InChI=1S/C21H32O7.3Ac/c1-9-11(22)7-21(27)10(2)16-19(5,12(23)6-13-20(16,26)8-28-13)17(25)15(24)14(9)18(21,3)4;;;/h10-13,15-16,22-24,26-27H,6-8H2,1-5H3;;;/t10-,11?,12?,13?,15?,16?,19+,20-,21?;;;/m0.../s1. The van der Waals surface area contributed by atoms with Crippen LogP contribution in [0.5, 0.6) is 0 Å². The summed E-state index contributed by atoms with van der Waals surface area (Å²) >= 11 is 0. The summed E-state index contributed by atoms with van der Waals surface area (Å²) in [6.45, 7) is 8.58. The number of fused-ring (bicyclic) bond motifs is 5. The molecule has 0 spiro atoms. The van der Waals surface area contributed by atoms with Crippen LogP contribution in [0.3, 0.4) is 0 Å². The minimum Gasteiger partial charge on any atom is -0.392 e. The molecule has 3 aliphatic carbocycles. The van der Waals surface area contributed by atoms with Gasteiger partial charge in [-0.3, -0.25) is 4.79 Å². The van der Waals surface area contributed by atoms with E-state index in [9.17, 15) is 30.3 Å². The first kappa shape index (κ1) is 32.5. The fraction of sp³-hybridized carbons (Fsp3) is 0.857. The van der Waals surface area contributed by atoms with E-state index in [0.717, 1.165) is 0 Å². The second kappa shape index (κ2) is 10.3. The van der Waals surface area contributed by atoms with Gasteiger partial charge in [-0.2, -0.15) is 0 Å². The summed E-state index contributed by atoms with van der Waals surface area (Å²) in [5, 5.41) is 56.1. The van der Waals surface area contributed by atoms with E-state index in [-0.39, 0.29) is 152 Å². The normalized spacial score (nSPS) is 50.2. The Morgan fingerprint density at radius 3 is 2.06 bits per heavy atom. The fourth-order valence-electron chi connectivity index (χ4n) is 7.00. The number of carbonyl (C=O) groups is 1. The van der Waals surface area contributed by atoms with E-state index in [0.29, 0.717) is 11.1 Å². The number of Topliss-reactive ketones (excluding diaryl/α,β-unsaturated/α-hetero) is 1. The molecule has 1 heterocycles. The molecule has 7 nitrogen and oxygen atoms in total. The maximum absolute atomic E-state index is 13.6. The van der Waals surface area contributed by atoms with Crippen LogP contribution < -0.4 is 0 Å². The van der Waals surface area contributed by atoms with Crippen molar-refractivity contribution in [1.29, 1.82) is 0 Å². The van der Waals surface area contributed by atoms with Gasteiger partial charge in [-0.1, -0.05) is 20.8 Å². The SMILES string of the molecule is CC1=C2C(O)C(=O)[C@]3(C)C(O)CC4OC[C@@]4(O)C3[C@H](C)C(O)(CC1O)C2(C)C.[Ac].[Ac].[Ac]. The Morgan fingerprint density at radius 1 is 1.03 bits per heavy atom. The third-order valence-corrected chi connectivity index (χ3v) is 8.88. The third kappa shape index (κ3) is 4.15. The molecule has 0 aromatic heterocycles. The van der Waals surface area contributed by atoms with Gasteiger partial charge in [0.15, 0.2) is 5.78 Å². The van der Waals surface area contributed by atoms with E-state index in [1.54, 1.807) is 34.6 Å². The number of carbonyl (C=O) groups excluding carboxylic acids is 1. The van der Waals surface area contributed by atoms with Crippen LogP contribution in [-0.2, 0) is 9.53 Å². The molecule has 0 aromatic carbocycles. The molecular weight excluding hydrogens is 1050 g/mol. The molecule has 3 radical (unpaired) electrons. The molecule has 2 bridgehead atoms. The number of rotatable bonds is 0. The Labute approximate surface area is 291 Å². The van der Waals surface area contributed by atoms with Gasteiger partial charge in [0, 0.05) is 156 Å². The molecule has 0 aromatic rings. The average Bonchev–Trinajstić information content (AvgIpc) is 2.60. The zero-order valence-electron chi connectivity index (χ0n) is 18.9. The maximum atomic E-state index is 13.6. The summed E-state index contributed by atoms with van der Waals surface area (Å²) in [4.78, 5) is 13.6. The van der Waals surface area contributed by atoms with E-state index < -0.39 is 64.1 Å². The fourth-order valence-corrected chi connectivity index (χ4v) is 7.00. The number of aliphatic hydroxyl groups excluding tert-OH is 3. The van der Waals surface area contributed by atoms with Crippen LogP contribution in [0.4, 0.5) is 0 Å². The molecule has 6 unspecified atom stereocenters. The molecule has 1 aliphatic heterocycles. The number of hydrogen-bond acceptors (Lipinski definition) is 7. The van der Waals surface area contributed by atoms with Gasteiger partial charge in [0.2, 0.25) is 0 Å². The summed E-state index contributed by atoms with van der Waals surface area (Å²) in [7, 11) is 0. The predicted molar refractivity (Wildman–Crippen MR) is 99.1 cm³/mol. The largest absolute Gasteiger partial charge is 0.392 e. The van der Waals surface area contributed by atoms with Crippen molar-refractivity contribution in [3.63, 3.8) is 0 Å². The van der Waals surface area contributed by atoms with Gasteiger partial charge in [0.25, 0.3) is 0 Å². The summed E-state index contributed by atoms with van der Waals surface area (Å²) in [5.74, 6) is -2.05. The molecule has 4 aliphatic rings. The summed E-state index contributed by atoms with van der Waals surface area (Å²) in [5.41, 5.74) is -4.54. The molecule has 5 N–H and O–H groups in total. The van der Waals surface area contributed by atoms with E-state index in [1.807, 2.05) is 0 Å². The molecule has 9 atom stereocenters. The molecule has 4 rings (SSSR count). The topological polar surface area (TPSA) is 127 Å². The minimum atomic E-state index is -1.58. The molecule has 10 heteroatoms. The molecular formula is C21H32Ac3O7. The first-order chi connectivity index (χ1) is 12.7. The van der Waals surface area contributed by atoms with Crippen molar-refractivity contribution in [2.45, 2.75) is 83.1 Å². The first-order valence-electron chi connectivity index (χ1n) is 10.1. The smallest absolute Gasteiger partial charge is 0.174 e. The Bertz CT molecular complexity index is 774. The van der Waals surface area contributed by atoms with E-state index in [4.69, 9.17) is 4.74 Å². The van der Waals surface area contributed by atoms with E-state index >= 15 is 0 Å². The van der Waals surface area contributed by atoms with Crippen molar-refractivity contribution in [1.82, 2.24) is 0 Å². The summed E-state index contributed by atoms with van der Waals surface area (Å²) < 4.78 is 5.49. The zero-order chi connectivity index (χ0) is 21.0. The number of hydrogen-bond donors (Lipinski definition) is 5. The van der Waals surface area contributed by atoms with Crippen LogP contribution in [0.25, 0.3) is 0 Å². The second-order valence-electron chi connectivity index (χ2n) is 10.2. The molecule has 3 fully saturated rings. The maximum Gasteiger partial charge on any atom is 0.174 e. The van der Waals surface area contributed by atoms with Crippen molar-refractivity contribution in [2.75, 3.05) is 6.61 Å². The van der Waals surface area contributed by atoms with Crippen molar-refractivity contribution < 1.29 is 167 Å². The van der Waals surface area contributed by atoms with Crippen LogP contribution in [0, 0.1) is 155 Å². The average molecular weight is 1080 g/mol. The number of ketones is 1. The monoisotopic (exact) mass is 1080 g/mol. The molecule has 31 heavy (non-hydrogen) atoms. The minimum absolute atomic E-state index is 0. The first-order valence-corrected chi connectivity index (χ1v) is 10.1. The van der Waals surface area contributed by atoms with Gasteiger partial charge in [-0.05, 0) is 30.9 Å². The Morgan fingerprint density at radius 2 is 1.58 bits per heavy atom. The quantitative estimate of drug-likeness (QED) is 0.215. The molecule has 0 amide bonds. The van der Waals surface area contributed by atoms with Crippen LogP contribution in [0.2, 0.25) is 0 Å². The van der Waals surface area contributed by atoms with E-state index in [2.05, 4.69) is 0 Å². The van der Waals surface area contributed by atoms with Gasteiger partial charge in [-0.15, -0.1) is 0 Å². The Hall–Kier alpha value is 3.49. The van der Waals surface area contributed by atoms with Crippen molar-refractivity contribution >= 4 is 5.78 Å². The second-order valence-corrected chi connectivity index (χ2v) is 10.2. The predicted octanol–water partition coefficient (Wildman–Crippen LogP) is -0.0785. The van der Waals surface area contributed by atoms with Crippen molar-refractivity contribution in [2.24, 2.45) is 22.7 Å². The Kier molecular flexibility index (Phi) is 10.8. The number of ether oxygens (including phenoxy) is 1. The van der Waals surface area contributed by atoms with Crippen molar-refractivity contribution in [3.05, 3.63) is 11.1 Å². The van der Waals surface area contributed by atoms with Gasteiger partial charge < -0.3 is 30.3 Å². The van der Waals surface area contributed by atoms with Gasteiger partial charge >= 0.3 is 0 Å². The molecule has 1 saturated heterocycles. The Balaban J connectivity index is 0.00000160. The van der Waals surface area contributed by atoms with Crippen LogP contribution in [0.15, 0.2) is 11.1 Å². The van der Waals surface area contributed by atoms with Crippen LogP contribution >= 0.6 is 0 Å². The van der Waals surface area contributed by atoms with Crippen LogP contribution in [0.1, 0.15) is 47.5 Å². The van der Waals surface area contributed by atoms with Gasteiger partial charge in [-0.25, -0.2) is 0 Å². The zero-order valence-corrected chi connectivity index (χ0v) is 33.1. The third-order valence-electron chi connectivity index (χ3n) is 8.88. The molecule has 2 saturated carbocycles. The number of aliphatic hydroxyl groups is 5. The van der Waals surface area contributed by atoms with E-state index in [1.165, 1.54) is 0 Å². The molecule has 167 valence electrons. The van der Waals surface area contributed by atoms with Gasteiger partial charge in [0.05, 0.1) is 35.9 Å². The van der Waals surface area contributed by atoms with Crippen LogP contribution in [-0.4, -0.2) is 73.5 Å². The summed E-state index contributed by atoms with van der Waals surface area (Å²) in [6, 6.07) is 0.